The maximum absolute atomic E-state index is 13.6. The van der Waals surface area contributed by atoms with Crippen LogP contribution in [0.15, 0.2) is 24.3 Å². The van der Waals surface area contributed by atoms with Gasteiger partial charge in [0.1, 0.15) is 5.82 Å². The summed E-state index contributed by atoms with van der Waals surface area (Å²) in [7, 11) is 0. The molecule has 2 heteroatoms. The molecule has 0 aromatic heterocycles. The lowest BCUT2D eigenvalue weighted by atomic mass is 9.83. The highest BCUT2D eigenvalue weighted by atomic mass is 19.1. The Morgan fingerprint density at radius 2 is 1.88 bits per heavy atom. The number of Topliss-reactive ketones (excluding diaryl/α,β-unsaturated/α-hetero) is 1. The average molecular weight is 232 g/mol. The minimum atomic E-state index is -0.365. The van der Waals surface area contributed by atoms with E-state index in [-0.39, 0.29) is 22.9 Å². The fraction of sp³-hybridized carbons (Fsp3) is 0.533. The molecule has 1 atom stereocenters. The van der Waals surface area contributed by atoms with Crippen molar-refractivity contribution in [1.29, 1.82) is 0 Å². The Morgan fingerprint density at radius 3 is 2.59 bits per heavy atom. The third-order valence-electron chi connectivity index (χ3n) is 4.49. The number of benzene rings is 1. The highest BCUT2D eigenvalue weighted by molar-refractivity contribution is 6.00. The van der Waals surface area contributed by atoms with Crippen LogP contribution in [0.3, 0.4) is 0 Å². The largest absolute Gasteiger partial charge is 0.294 e. The summed E-state index contributed by atoms with van der Waals surface area (Å²) >= 11 is 0. The molecule has 1 nitrogen and oxygen atoms in total. The van der Waals surface area contributed by atoms with Crippen molar-refractivity contribution in [3.8, 4) is 0 Å². The van der Waals surface area contributed by atoms with Crippen molar-refractivity contribution >= 4 is 5.78 Å². The summed E-state index contributed by atoms with van der Waals surface area (Å²) in [5.41, 5.74) is 0.539. The molecule has 0 aliphatic heterocycles. The van der Waals surface area contributed by atoms with Gasteiger partial charge in [0.05, 0.1) is 5.56 Å². The van der Waals surface area contributed by atoms with E-state index in [4.69, 9.17) is 0 Å². The molecule has 0 bridgehead atoms. The summed E-state index contributed by atoms with van der Waals surface area (Å²) in [4.78, 5) is 12.3. The Hall–Kier alpha value is -1.18. The van der Waals surface area contributed by atoms with Crippen molar-refractivity contribution in [2.45, 2.75) is 38.5 Å². The molecule has 0 heterocycles. The molecule has 2 saturated carbocycles. The van der Waals surface area contributed by atoms with Crippen LogP contribution in [0, 0.1) is 17.2 Å². The molecule has 2 fully saturated rings. The lowest BCUT2D eigenvalue weighted by Gasteiger charge is -2.22. The normalized spacial score (nSPS) is 25.8. The predicted octanol–water partition coefficient (Wildman–Crippen LogP) is 3.98. The number of hydrogen-bond donors (Lipinski definition) is 0. The first kappa shape index (κ1) is 10.9. The molecule has 0 amide bonds. The van der Waals surface area contributed by atoms with Gasteiger partial charge in [-0.3, -0.25) is 4.79 Å². The first-order chi connectivity index (χ1) is 8.23. The standard InChI is InChI=1S/C15H17FO/c16-13-7-3-2-6-11(13)14(17)12-10-15(12)8-4-1-5-9-15/h2-3,6-7,12H,1,4-5,8-10H2. The first-order valence-corrected chi connectivity index (χ1v) is 6.52. The third kappa shape index (κ3) is 1.80. The summed E-state index contributed by atoms with van der Waals surface area (Å²) in [6, 6.07) is 6.37. The second-order valence-electron chi connectivity index (χ2n) is 5.52. The Bertz CT molecular complexity index is 446. The SMILES string of the molecule is O=C(c1ccccc1F)C1CC12CCCCC2. The summed E-state index contributed by atoms with van der Waals surface area (Å²) in [5, 5.41) is 0. The number of hydrogen-bond acceptors (Lipinski definition) is 1. The van der Waals surface area contributed by atoms with Crippen molar-refractivity contribution in [2.75, 3.05) is 0 Å². The minimum Gasteiger partial charge on any atom is -0.294 e. The molecule has 0 radical (unpaired) electrons. The van der Waals surface area contributed by atoms with Gasteiger partial charge in [0, 0.05) is 5.92 Å². The monoisotopic (exact) mass is 232 g/mol. The molecule has 3 rings (SSSR count). The second kappa shape index (κ2) is 3.94. The molecule has 0 saturated heterocycles. The number of ketones is 1. The summed E-state index contributed by atoms with van der Waals surface area (Å²) in [6.07, 6.45) is 7.08. The van der Waals surface area contributed by atoms with Crippen LogP contribution in [0.1, 0.15) is 48.9 Å². The molecule has 2 aliphatic carbocycles. The Morgan fingerprint density at radius 1 is 1.18 bits per heavy atom. The van der Waals surface area contributed by atoms with E-state index in [0.29, 0.717) is 5.56 Å². The fourth-order valence-electron chi connectivity index (χ4n) is 3.38. The summed E-state index contributed by atoms with van der Waals surface area (Å²) < 4.78 is 13.6. The van der Waals surface area contributed by atoms with E-state index in [1.807, 2.05) is 0 Å². The van der Waals surface area contributed by atoms with Crippen molar-refractivity contribution in [3.63, 3.8) is 0 Å². The van der Waals surface area contributed by atoms with Crippen molar-refractivity contribution in [3.05, 3.63) is 35.6 Å². The van der Waals surface area contributed by atoms with E-state index in [9.17, 15) is 9.18 Å². The number of carbonyl (C=O) groups is 1. The van der Waals surface area contributed by atoms with Gasteiger partial charge in [-0.2, -0.15) is 0 Å². The van der Waals surface area contributed by atoms with Crippen LogP contribution in [-0.4, -0.2) is 5.78 Å². The molecular formula is C15H17FO. The lowest BCUT2D eigenvalue weighted by Crippen LogP contribution is -2.15. The van der Waals surface area contributed by atoms with Crippen LogP contribution in [0.5, 0.6) is 0 Å². The van der Waals surface area contributed by atoms with Gasteiger partial charge in [0.25, 0.3) is 0 Å². The van der Waals surface area contributed by atoms with Crippen LogP contribution in [-0.2, 0) is 0 Å². The Balaban J connectivity index is 1.79. The quantitative estimate of drug-likeness (QED) is 0.705. The molecular weight excluding hydrogens is 215 g/mol. The highest BCUT2D eigenvalue weighted by Gasteiger charge is 2.57. The number of carbonyl (C=O) groups excluding carboxylic acids is 1. The maximum atomic E-state index is 13.6. The smallest absolute Gasteiger partial charge is 0.169 e. The molecule has 1 unspecified atom stereocenters. The lowest BCUT2D eigenvalue weighted by molar-refractivity contribution is 0.0934. The molecule has 1 aromatic rings. The minimum absolute atomic E-state index is 0.0324. The molecule has 17 heavy (non-hydrogen) atoms. The summed E-state index contributed by atoms with van der Waals surface area (Å²) in [6.45, 7) is 0. The highest BCUT2D eigenvalue weighted by Crippen LogP contribution is 2.62. The van der Waals surface area contributed by atoms with Crippen LogP contribution in [0.4, 0.5) is 4.39 Å². The van der Waals surface area contributed by atoms with Crippen LogP contribution < -0.4 is 0 Å². The van der Waals surface area contributed by atoms with E-state index in [1.165, 1.54) is 25.3 Å². The zero-order chi connectivity index (χ0) is 11.9. The molecule has 2 aliphatic rings. The Kier molecular flexibility index (Phi) is 2.53. The summed E-state index contributed by atoms with van der Waals surface area (Å²) in [5.74, 6) is -0.236. The van der Waals surface area contributed by atoms with E-state index >= 15 is 0 Å². The van der Waals surface area contributed by atoms with Gasteiger partial charge in [0.2, 0.25) is 0 Å². The van der Waals surface area contributed by atoms with Gasteiger partial charge in [-0.15, -0.1) is 0 Å². The van der Waals surface area contributed by atoms with E-state index in [2.05, 4.69) is 0 Å². The third-order valence-corrected chi connectivity index (χ3v) is 4.49. The molecule has 1 spiro atoms. The zero-order valence-electron chi connectivity index (χ0n) is 9.92. The van der Waals surface area contributed by atoms with E-state index in [0.717, 1.165) is 19.3 Å². The van der Waals surface area contributed by atoms with E-state index in [1.54, 1.807) is 18.2 Å². The topological polar surface area (TPSA) is 17.1 Å². The van der Waals surface area contributed by atoms with Crippen molar-refractivity contribution in [1.82, 2.24) is 0 Å². The first-order valence-electron chi connectivity index (χ1n) is 6.52. The Labute approximate surface area is 101 Å². The van der Waals surface area contributed by atoms with Crippen LogP contribution in [0.25, 0.3) is 0 Å². The van der Waals surface area contributed by atoms with Gasteiger partial charge in [-0.05, 0) is 36.8 Å². The van der Waals surface area contributed by atoms with Gasteiger partial charge < -0.3 is 0 Å². The average Bonchev–Trinajstić information content (AvgIpc) is 3.04. The molecule has 1 aromatic carbocycles. The van der Waals surface area contributed by atoms with Gasteiger partial charge in [-0.1, -0.05) is 31.4 Å². The number of rotatable bonds is 2. The molecule has 0 N–H and O–H groups in total. The predicted molar refractivity (Wildman–Crippen MR) is 64.4 cm³/mol. The van der Waals surface area contributed by atoms with Crippen LogP contribution >= 0.6 is 0 Å². The van der Waals surface area contributed by atoms with Crippen molar-refractivity contribution in [2.24, 2.45) is 11.3 Å². The number of halogens is 1. The second-order valence-corrected chi connectivity index (χ2v) is 5.52. The van der Waals surface area contributed by atoms with Crippen LogP contribution in [0.2, 0.25) is 0 Å². The molecule has 90 valence electrons. The van der Waals surface area contributed by atoms with Gasteiger partial charge in [0.15, 0.2) is 5.78 Å². The van der Waals surface area contributed by atoms with E-state index < -0.39 is 0 Å². The fourth-order valence-corrected chi connectivity index (χ4v) is 3.38. The zero-order valence-corrected chi connectivity index (χ0v) is 9.92. The van der Waals surface area contributed by atoms with Gasteiger partial charge in [-0.25, -0.2) is 4.39 Å². The maximum Gasteiger partial charge on any atom is 0.169 e. The van der Waals surface area contributed by atoms with Gasteiger partial charge >= 0.3 is 0 Å². The van der Waals surface area contributed by atoms with Crippen molar-refractivity contribution < 1.29 is 9.18 Å².